The molecule has 0 atom stereocenters. The first-order valence-electron chi connectivity index (χ1n) is 26.0. The third kappa shape index (κ3) is 5.81. The second-order valence-electron chi connectivity index (χ2n) is 20.6. The van der Waals surface area contributed by atoms with Crippen LogP contribution in [0.4, 0.5) is 0 Å². The van der Waals surface area contributed by atoms with Crippen molar-refractivity contribution in [3.63, 3.8) is 0 Å². The zero-order chi connectivity index (χ0) is 50.2. The lowest BCUT2D eigenvalue weighted by molar-refractivity contribution is 0.477. The Kier molecular flexibility index (Phi) is 8.24. The molecule has 0 aliphatic carbocycles. The van der Waals surface area contributed by atoms with Gasteiger partial charge in [0.1, 0.15) is 5.75 Å². The third-order valence-corrected chi connectivity index (χ3v) is 18.9. The molecule has 0 amide bonds. The molecule has 6 aromatic heterocycles. The van der Waals surface area contributed by atoms with E-state index in [0.717, 1.165) is 61.2 Å². The number of phenols is 1. The van der Waals surface area contributed by atoms with Gasteiger partial charge in [0.05, 0.1) is 31.5 Å². The highest BCUT2D eigenvalue weighted by Gasteiger charge is 2.20. The van der Waals surface area contributed by atoms with Crippen LogP contribution in [0.5, 0.6) is 5.75 Å². The van der Waals surface area contributed by atoms with E-state index in [9.17, 15) is 5.11 Å². The lowest BCUT2D eigenvalue weighted by Gasteiger charge is -2.12. The molecule has 12 aromatic carbocycles. The summed E-state index contributed by atoms with van der Waals surface area (Å²) in [7, 11) is 0. The van der Waals surface area contributed by atoms with Gasteiger partial charge >= 0.3 is 0 Å². The maximum Gasteiger partial charge on any atom is 0.156 e. The number of hydrogen-bond donors (Lipinski definition) is 1. The number of phenolic OH excluding ortho intramolecular Hbond substituents is 1. The lowest BCUT2D eigenvalue weighted by atomic mass is 9.92. The molecule has 18 rings (SSSR count). The van der Waals surface area contributed by atoms with Crippen LogP contribution in [0.3, 0.4) is 0 Å². The van der Waals surface area contributed by atoms with Crippen LogP contribution in [0, 0.1) is 0 Å². The molecular formula is C70H38N4OS2. The molecule has 18 aromatic rings. The summed E-state index contributed by atoms with van der Waals surface area (Å²) < 4.78 is 9.38. The molecule has 0 bridgehead atoms. The largest absolute Gasteiger partial charge is 0.507 e. The number of benzene rings is 12. The topological polar surface area (TPSA) is 54.8 Å². The van der Waals surface area contributed by atoms with Gasteiger partial charge in [0.2, 0.25) is 0 Å². The lowest BCUT2D eigenvalue weighted by Crippen LogP contribution is -1.86. The molecule has 6 heterocycles. The van der Waals surface area contributed by atoms with Gasteiger partial charge in [-0.05, 0) is 142 Å². The minimum atomic E-state index is 0.253. The molecule has 356 valence electrons. The van der Waals surface area contributed by atoms with E-state index in [1.54, 1.807) is 0 Å². The number of pyridine rings is 2. The summed E-state index contributed by atoms with van der Waals surface area (Å²) in [5, 5.41) is 30.9. The Morgan fingerprint density at radius 3 is 1.32 bits per heavy atom. The average Bonchev–Trinajstić information content (AvgIpc) is 4.39. The Balaban J connectivity index is 0.710. The van der Waals surface area contributed by atoms with Crippen LogP contribution in [0.25, 0.3) is 172 Å². The van der Waals surface area contributed by atoms with E-state index < -0.39 is 0 Å². The second kappa shape index (κ2) is 15.2. The summed E-state index contributed by atoms with van der Waals surface area (Å²) in [6, 6.07) is 76.8. The predicted octanol–water partition coefficient (Wildman–Crippen LogP) is 19.7. The Bertz CT molecular complexity index is 5660. The number of aromatic nitrogens is 4. The highest BCUT2D eigenvalue weighted by Crippen LogP contribution is 2.46. The van der Waals surface area contributed by atoms with Gasteiger partial charge in [-0.3, -0.25) is 8.80 Å². The summed E-state index contributed by atoms with van der Waals surface area (Å²) in [5.41, 5.74) is 12.5. The molecule has 0 fully saturated rings. The molecule has 1 N–H and O–H groups in total. The quantitative estimate of drug-likeness (QED) is 0.179. The molecule has 77 heavy (non-hydrogen) atoms. The van der Waals surface area contributed by atoms with Crippen molar-refractivity contribution in [3.05, 3.63) is 225 Å². The Morgan fingerprint density at radius 2 is 0.779 bits per heavy atom. The van der Waals surface area contributed by atoms with Gasteiger partial charge in [-0.1, -0.05) is 152 Å². The smallest absolute Gasteiger partial charge is 0.156 e. The van der Waals surface area contributed by atoms with E-state index in [-0.39, 0.29) is 5.75 Å². The fourth-order valence-electron chi connectivity index (χ4n) is 12.9. The Labute approximate surface area is 446 Å². The van der Waals surface area contributed by atoms with Crippen molar-refractivity contribution in [2.75, 3.05) is 0 Å². The first kappa shape index (κ1) is 41.7. The molecule has 7 heteroatoms. The van der Waals surface area contributed by atoms with Gasteiger partial charge in [0.15, 0.2) is 11.3 Å². The van der Waals surface area contributed by atoms with Gasteiger partial charge in [-0.2, -0.15) is 0 Å². The van der Waals surface area contributed by atoms with Crippen molar-refractivity contribution >= 4 is 161 Å². The van der Waals surface area contributed by atoms with Crippen molar-refractivity contribution in [1.29, 1.82) is 0 Å². The highest BCUT2D eigenvalue weighted by atomic mass is 32.1. The highest BCUT2D eigenvalue weighted by molar-refractivity contribution is 7.27. The van der Waals surface area contributed by atoms with Crippen LogP contribution in [-0.4, -0.2) is 23.9 Å². The minimum Gasteiger partial charge on any atom is -0.507 e. The van der Waals surface area contributed by atoms with E-state index in [4.69, 9.17) is 9.97 Å². The molecule has 0 radical (unpaired) electrons. The number of imidazole rings is 2. The number of thiophene rings is 2. The first-order valence-corrected chi connectivity index (χ1v) is 27.6. The monoisotopic (exact) mass is 1010 g/mol. The molecule has 0 saturated carbocycles. The van der Waals surface area contributed by atoms with Gasteiger partial charge < -0.3 is 5.11 Å². The number of aromatic hydroxyl groups is 1. The predicted molar refractivity (Wildman–Crippen MR) is 328 cm³/mol. The van der Waals surface area contributed by atoms with E-state index >= 15 is 0 Å². The van der Waals surface area contributed by atoms with Crippen molar-refractivity contribution in [3.8, 4) is 39.1 Å². The zero-order valence-electron chi connectivity index (χ0n) is 40.9. The number of fused-ring (bicyclic) bond motifs is 24. The average molecular weight is 1020 g/mol. The molecule has 0 unspecified atom stereocenters. The standard InChI is InChI=1S/C70H38N4OS2/c75-62-28-21-44(48-14-6-10-43-35-64-59(37-56(43)48)54-30-32-74-61-27-25-50-46-12-4-2-8-39(46)20-23-52(50)66(61)72-70(74)68(54)77-64)33-57(62)41-17-15-40(16-18-41)47-13-5-9-42-34-63-58(36-55(42)47)53-29-31-73-60-26-24-49-45-11-3-1-7-38(45)19-22-51(49)65(60)71-69(73)67(53)76-63/h1-37,75H. The fraction of sp³-hybridized carbons (Fsp3) is 0. The Morgan fingerprint density at radius 1 is 0.312 bits per heavy atom. The van der Waals surface area contributed by atoms with Crippen molar-refractivity contribution < 1.29 is 5.11 Å². The Hall–Kier alpha value is -9.66. The van der Waals surface area contributed by atoms with Crippen molar-refractivity contribution in [2.24, 2.45) is 0 Å². The van der Waals surface area contributed by atoms with Crippen LogP contribution < -0.4 is 0 Å². The van der Waals surface area contributed by atoms with E-state index in [0.29, 0.717) is 0 Å². The van der Waals surface area contributed by atoms with Gasteiger partial charge in [0.25, 0.3) is 0 Å². The van der Waals surface area contributed by atoms with Gasteiger partial charge in [0, 0.05) is 59.7 Å². The number of hydrogen-bond acceptors (Lipinski definition) is 5. The summed E-state index contributed by atoms with van der Waals surface area (Å²) in [5.74, 6) is 0.253. The molecule has 0 spiro atoms. The summed E-state index contributed by atoms with van der Waals surface area (Å²) >= 11 is 3.64. The maximum atomic E-state index is 11.5. The summed E-state index contributed by atoms with van der Waals surface area (Å²) in [4.78, 5) is 10.8. The normalized spacial score (nSPS) is 12.5. The molecule has 0 saturated heterocycles. The minimum absolute atomic E-state index is 0.253. The van der Waals surface area contributed by atoms with E-state index in [1.807, 2.05) is 34.8 Å². The number of rotatable bonds is 3. The third-order valence-electron chi connectivity index (χ3n) is 16.6. The van der Waals surface area contributed by atoms with Crippen molar-refractivity contribution in [1.82, 2.24) is 18.8 Å². The zero-order valence-corrected chi connectivity index (χ0v) is 42.5. The van der Waals surface area contributed by atoms with Gasteiger partial charge in [-0.25, -0.2) is 9.97 Å². The SMILES string of the molecule is Oc1ccc(-c2cccc3cc4sc5c(ccn6c7ccc8c9ccccc9ccc8c7nc56)c4cc23)cc1-c1ccc(-c2cccc3cc4sc5c(ccn6c7ccc8c9ccccc9ccc8c7nc56)c4cc23)cc1. The second-order valence-corrected chi connectivity index (χ2v) is 22.7. The first-order chi connectivity index (χ1) is 38.0. The summed E-state index contributed by atoms with van der Waals surface area (Å²) in [6.45, 7) is 0. The molecule has 5 nitrogen and oxygen atoms in total. The number of nitrogens with zero attached hydrogens (tertiary/aromatic N) is 4. The van der Waals surface area contributed by atoms with Crippen LogP contribution >= 0.6 is 22.7 Å². The fourth-order valence-corrected chi connectivity index (χ4v) is 15.3. The van der Waals surface area contributed by atoms with Crippen molar-refractivity contribution in [2.45, 2.75) is 0 Å². The van der Waals surface area contributed by atoms with Crippen LogP contribution in [-0.2, 0) is 0 Å². The van der Waals surface area contributed by atoms with Crippen LogP contribution in [0.15, 0.2) is 225 Å². The molecule has 0 aliphatic rings. The summed E-state index contributed by atoms with van der Waals surface area (Å²) in [6.07, 6.45) is 4.38. The van der Waals surface area contributed by atoms with Crippen LogP contribution in [0.2, 0.25) is 0 Å². The van der Waals surface area contributed by atoms with E-state index in [2.05, 4.69) is 221 Å². The molecular weight excluding hydrogens is 977 g/mol. The maximum absolute atomic E-state index is 11.5. The van der Waals surface area contributed by atoms with E-state index in [1.165, 1.54) is 111 Å². The van der Waals surface area contributed by atoms with Crippen LogP contribution in [0.1, 0.15) is 0 Å². The van der Waals surface area contributed by atoms with Gasteiger partial charge in [-0.15, -0.1) is 22.7 Å². The molecule has 0 aliphatic heterocycles.